The van der Waals surface area contributed by atoms with Crippen LogP contribution in [0, 0.1) is 12.3 Å². The molecule has 2 fully saturated rings. The summed E-state index contributed by atoms with van der Waals surface area (Å²) in [5.41, 5.74) is -1.04. The van der Waals surface area contributed by atoms with E-state index in [0.717, 1.165) is 11.5 Å². The molecule has 5 nitrogen and oxygen atoms in total. The van der Waals surface area contributed by atoms with Crippen molar-refractivity contribution in [3.05, 3.63) is 42.2 Å². The molecule has 1 atom stereocenters. The first-order valence-corrected chi connectivity index (χ1v) is 8.64. The molecule has 2 aliphatic heterocycles. The van der Waals surface area contributed by atoms with Crippen LogP contribution in [0.2, 0.25) is 0 Å². The number of piperidine rings is 1. The zero-order valence-corrected chi connectivity index (χ0v) is 14.3. The standard InChI is InChI=1S/C18H22F2N4O/c1-14-2-3-15(25-14)11-23-8-5-18(19,20)17(12-23)4-9-24(13-17)16-10-21-6-7-22-16/h2-3,6-7,10H,4-5,8-9,11-13H2,1H3/t17-/m1/s1. The third-order valence-corrected chi connectivity index (χ3v) is 5.45. The minimum Gasteiger partial charge on any atom is -0.465 e. The van der Waals surface area contributed by atoms with Crippen LogP contribution in [0.5, 0.6) is 0 Å². The molecule has 25 heavy (non-hydrogen) atoms. The zero-order valence-electron chi connectivity index (χ0n) is 14.3. The smallest absolute Gasteiger partial charge is 0.257 e. The van der Waals surface area contributed by atoms with E-state index in [0.29, 0.717) is 45.0 Å². The van der Waals surface area contributed by atoms with E-state index in [2.05, 4.69) is 14.9 Å². The Balaban J connectivity index is 1.52. The first-order valence-electron chi connectivity index (χ1n) is 8.64. The molecule has 2 aromatic rings. The predicted molar refractivity (Wildman–Crippen MR) is 89.6 cm³/mol. The van der Waals surface area contributed by atoms with Gasteiger partial charge in [0, 0.05) is 45.0 Å². The Bertz CT molecular complexity index is 736. The molecular formula is C18H22F2N4O. The van der Waals surface area contributed by atoms with Gasteiger partial charge >= 0.3 is 0 Å². The Labute approximate surface area is 145 Å². The normalized spacial score (nSPS) is 26.4. The van der Waals surface area contributed by atoms with Crippen molar-refractivity contribution in [3.63, 3.8) is 0 Å². The third kappa shape index (κ3) is 3.01. The van der Waals surface area contributed by atoms with Gasteiger partial charge in [-0.1, -0.05) is 0 Å². The molecule has 0 aromatic carbocycles. The van der Waals surface area contributed by atoms with Crippen LogP contribution in [0.4, 0.5) is 14.6 Å². The van der Waals surface area contributed by atoms with E-state index in [1.807, 2.05) is 24.0 Å². The van der Waals surface area contributed by atoms with Crippen LogP contribution in [-0.2, 0) is 6.54 Å². The highest BCUT2D eigenvalue weighted by Crippen LogP contribution is 2.50. The van der Waals surface area contributed by atoms with Crippen LogP contribution in [0.1, 0.15) is 24.4 Å². The average Bonchev–Trinajstić information content (AvgIpc) is 3.20. The zero-order chi connectivity index (χ0) is 17.5. The Kier molecular flexibility index (Phi) is 3.98. The van der Waals surface area contributed by atoms with Gasteiger partial charge in [0.25, 0.3) is 5.92 Å². The maximum atomic E-state index is 14.9. The minimum absolute atomic E-state index is 0.110. The highest BCUT2D eigenvalue weighted by Gasteiger charge is 2.59. The Morgan fingerprint density at radius 3 is 2.76 bits per heavy atom. The summed E-state index contributed by atoms with van der Waals surface area (Å²) in [6, 6.07) is 3.84. The van der Waals surface area contributed by atoms with Crippen LogP contribution in [0.3, 0.4) is 0 Å². The lowest BCUT2D eigenvalue weighted by Gasteiger charge is -2.45. The summed E-state index contributed by atoms with van der Waals surface area (Å²) in [5.74, 6) is -0.308. The fourth-order valence-corrected chi connectivity index (χ4v) is 4.06. The summed E-state index contributed by atoms with van der Waals surface area (Å²) >= 11 is 0. The van der Waals surface area contributed by atoms with Gasteiger partial charge in [-0.05, 0) is 25.5 Å². The number of hydrogen-bond donors (Lipinski definition) is 0. The number of aryl methyl sites for hydroxylation is 1. The third-order valence-electron chi connectivity index (χ3n) is 5.45. The van der Waals surface area contributed by atoms with E-state index in [1.54, 1.807) is 18.6 Å². The van der Waals surface area contributed by atoms with Crippen molar-refractivity contribution < 1.29 is 13.2 Å². The lowest BCUT2D eigenvalue weighted by molar-refractivity contribution is -0.159. The number of hydrogen-bond acceptors (Lipinski definition) is 5. The number of halogens is 2. The van der Waals surface area contributed by atoms with E-state index < -0.39 is 11.3 Å². The number of anilines is 1. The summed E-state index contributed by atoms with van der Waals surface area (Å²) in [6.07, 6.45) is 5.19. The van der Waals surface area contributed by atoms with Crippen molar-refractivity contribution in [1.29, 1.82) is 0 Å². The number of likely N-dealkylation sites (tertiary alicyclic amines) is 1. The molecule has 2 aliphatic rings. The second kappa shape index (κ2) is 6.05. The molecule has 0 aliphatic carbocycles. The average molecular weight is 348 g/mol. The van der Waals surface area contributed by atoms with Crippen molar-refractivity contribution in [1.82, 2.24) is 14.9 Å². The maximum absolute atomic E-state index is 14.9. The highest BCUT2D eigenvalue weighted by molar-refractivity contribution is 5.38. The number of rotatable bonds is 3. The van der Waals surface area contributed by atoms with Gasteiger partial charge in [-0.25, -0.2) is 13.8 Å². The molecule has 7 heteroatoms. The molecule has 4 heterocycles. The van der Waals surface area contributed by atoms with Crippen molar-refractivity contribution >= 4 is 5.82 Å². The molecule has 0 amide bonds. The second-order valence-corrected chi connectivity index (χ2v) is 7.19. The summed E-state index contributed by atoms with van der Waals surface area (Å²) < 4.78 is 35.3. The number of alkyl halides is 2. The molecule has 2 saturated heterocycles. The molecule has 0 N–H and O–H groups in total. The van der Waals surface area contributed by atoms with Crippen molar-refractivity contribution in [2.24, 2.45) is 5.41 Å². The lowest BCUT2D eigenvalue weighted by atomic mass is 9.75. The van der Waals surface area contributed by atoms with Crippen LogP contribution in [-0.4, -0.2) is 47.0 Å². The number of nitrogens with zero attached hydrogens (tertiary/aromatic N) is 4. The fraction of sp³-hybridized carbons (Fsp3) is 0.556. The van der Waals surface area contributed by atoms with Crippen LogP contribution in [0.25, 0.3) is 0 Å². The van der Waals surface area contributed by atoms with Gasteiger partial charge in [0.1, 0.15) is 17.3 Å². The number of furan rings is 1. The quantitative estimate of drug-likeness (QED) is 0.853. The largest absolute Gasteiger partial charge is 0.465 e. The fourth-order valence-electron chi connectivity index (χ4n) is 4.06. The van der Waals surface area contributed by atoms with E-state index in [1.165, 1.54) is 0 Å². The van der Waals surface area contributed by atoms with E-state index in [-0.39, 0.29) is 6.42 Å². The second-order valence-electron chi connectivity index (χ2n) is 7.19. The van der Waals surface area contributed by atoms with E-state index in [4.69, 9.17) is 4.42 Å². The van der Waals surface area contributed by atoms with Gasteiger partial charge in [0.2, 0.25) is 0 Å². The van der Waals surface area contributed by atoms with Gasteiger partial charge in [0.05, 0.1) is 18.2 Å². The maximum Gasteiger partial charge on any atom is 0.257 e. The summed E-state index contributed by atoms with van der Waals surface area (Å²) in [4.78, 5) is 12.3. The molecule has 2 aromatic heterocycles. The first-order chi connectivity index (χ1) is 12.0. The summed E-state index contributed by atoms with van der Waals surface area (Å²) in [6.45, 7) is 4.13. The SMILES string of the molecule is Cc1ccc(CN2CCC(F)(F)[C@]3(CCN(c4cnccn4)C3)C2)o1. The number of aromatic nitrogens is 2. The van der Waals surface area contributed by atoms with Gasteiger partial charge < -0.3 is 9.32 Å². The monoisotopic (exact) mass is 348 g/mol. The summed E-state index contributed by atoms with van der Waals surface area (Å²) in [7, 11) is 0. The van der Waals surface area contributed by atoms with Crippen LogP contribution < -0.4 is 4.90 Å². The molecule has 134 valence electrons. The van der Waals surface area contributed by atoms with Gasteiger partial charge in [-0.15, -0.1) is 0 Å². The van der Waals surface area contributed by atoms with Crippen molar-refractivity contribution in [2.45, 2.75) is 32.2 Å². The van der Waals surface area contributed by atoms with E-state index >= 15 is 0 Å². The Hall–Kier alpha value is -2.02. The van der Waals surface area contributed by atoms with Crippen molar-refractivity contribution in [2.75, 3.05) is 31.1 Å². The van der Waals surface area contributed by atoms with Gasteiger partial charge in [0.15, 0.2) is 0 Å². The molecule has 0 radical (unpaired) electrons. The molecule has 0 unspecified atom stereocenters. The molecule has 0 saturated carbocycles. The molecule has 4 rings (SSSR count). The molecule has 1 spiro atoms. The Morgan fingerprint density at radius 2 is 2.04 bits per heavy atom. The summed E-state index contributed by atoms with van der Waals surface area (Å²) in [5, 5.41) is 0. The lowest BCUT2D eigenvalue weighted by Crippen LogP contribution is -2.56. The first kappa shape index (κ1) is 16.4. The van der Waals surface area contributed by atoms with Crippen molar-refractivity contribution in [3.8, 4) is 0 Å². The predicted octanol–water partition coefficient (Wildman–Crippen LogP) is 3.12. The topological polar surface area (TPSA) is 45.4 Å². The molecular weight excluding hydrogens is 326 g/mol. The Morgan fingerprint density at radius 1 is 1.16 bits per heavy atom. The van der Waals surface area contributed by atoms with Gasteiger partial charge in [-0.3, -0.25) is 9.88 Å². The minimum atomic E-state index is -2.67. The van der Waals surface area contributed by atoms with Gasteiger partial charge in [-0.2, -0.15) is 0 Å². The van der Waals surface area contributed by atoms with E-state index in [9.17, 15) is 8.78 Å². The van der Waals surface area contributed by atoms with Crippen LogP contribution >= 0.6 is 0 Å². The molecule has 0 bridgehead atoms. The highest BCUT2D eigenvalue weighted by atomic mass is 19.3. The van der Waals surface area contributed by atoms with Crippen LogP contribution in [0.15, 0.2) is 35.1 Å².